The Bertz CT molecular complexity index is 411. The van der Waals surface area contributed by atoms with Crippen LogP contribution in [0.4, 0.5) is 10.1 Å². The van der Waals surface area contributed by atoms with Crippen molar-refractivity contribution in [3.05, 3.63) is 29.6 Å². The van der Waals surface area contributed by atoms with Crippen molar-refractivity contribution >= 4 is 12.0 Å². The lowest BCUT2D eigenvalue weighted by molar-refractivity contribution is -0.107. The molecule has 1 fully saturated rings. The maximum atomic E-state index is 13.4. The number of carbonyl (C=O) groups excluding carboxylic acids is 1. The van der Waals surface area contributed by atoms with Gasteiger partial charge in [0.1, 0.15) is 12.1 Å². The number of nitrogens with zero attached hydrogens (tertiary/aromatic N) is 1. The number of hydrogen-bond acceptors (Lipinski definition) is 2. The molecule has 0 saturated carbocycles. The van der Waals surface area contributed by atoms with Crippen molar-refractivity contribution in [2.45, 2.75) is 44.9 Å². The third kappa shape index (κ3) is 4.05. The minimum absolute atomic E-state index is 0.211. The van der Waals surface area contributed by atoms with Gasteiger partial charge in [0, 0.05) is 25.2 Å². The van der Waals surface area contributed by atoms with E-state index < -0.39 is 0 Å². The number of benzene rings is 1. The molecular formula is C16H22FNO. The van der Waals surface area contributed by atoms with E-state index in [1.165, 1.54) is 38.2 Å². The quantitative estimate of drug-likeness (QED) is 0.771. The SMILES string of the molecule is O=CCCc1cc(F)ccc1N1CCCCCCC1. The van der Waals surface area contributed by atoms with Gasteiger partial charge in [0.05, 0.1) is 0 Å². The van der Waals surface area contributed by atoms with Crippen LogP contribution in [-0.4, -0.2) is 19.4 Å². The molecule has 0 spiro atoms. The highest BCUT2D eigenvalue weighted by Gasteiger charge is 2.13. The maximum absolute atomic E-state index is 13.4. The van der Waals surface area contributed by atoms with Gasteiger partial charge < -0.3 is 9.69 Å². The predicted molar refractivity (Wildman–Crippen MR) is 76.1 cm³/mol. The zero-order valence-corrected chi connectivity index (χ0v) is 11.4. The molecule has 0 amide bonds. The summed E-state index contributed by atoms with van der Waals surface area (Å²) in [5, 5.41) is 0. The smallest absolute Gasteiger partial charge is 0.123 e. The summed E-state index contributed by atoms with van der Waals surface area (Å²) in [6.45, 7) is 2.08. The molecule has 0 radical (unpaired) electrons. The standard InChI is InChI=1S/C16H22FNO/c17-15-8-9-16(14(13-15)7-6-12-19)18-10-4-2-1-3-5-11-18/h8-9,12-13H,1-7,10-11H2. The molecule has 0 unspecified atom stereocenters. The molecule has 1 aliphatic rings. The molecule has 0 bridgehead atoms. The molecule has 1 aromatic carbocycles. The average Bonchev–Trinajstić information content (AvgIpc) is 2.37. The highest BCUT2D eigenvalue weighted by Crippen LogP contribution is 2.25. The predicted octanol–water partition coefficient (Wildman–Crippen LogP) is 3.73. The summed E-state index contributed by atoms with van der Waals surface area (Å²) in [4.78, 5) is 12.9. The van der Waals surface area contributed by atoms with E-state index >= 15 is 0 Å². The minimum Gasteiger partial charge on any atom is -0.371 e. The molecule has 0 aromatic heterocycles. The second kappa shape index (κ2) is 7.27. The number of hydrogen-bond donors (Lipinski definition) is 0. The Kier molecular flexibility index (Phi) is 5.37. The van der Waals surface area contributed by atoms with Crippen molar-refractivity contribution < 1.29 is 9.18 Å². The summed E-state index contributed by atoms with van der Waals surface area (Å²) < 4.78 is 13.4. The monoisotopic (exact) mass is 263 g/mol. The molecule has 1 aliphatic heterocycles. The molecule has 2 nitrogen and oxygen atoms in total. The first kappa shape index (κ1) is 14.0. The van der Waals surface area contributed by atoms with Gasteiger partial charge in [0.2, 0.25) is 0 Å². The summed E-state index contributed by atoms with van der Waals surface area (Å²) in [5.41, 5.74) is 2.08. The van der Waals surface area contributed by atoms with Gasteiger partial charge >= 0.3 is 0 Å². The van der Waals surface area contributed by atoms with E-state index in [2.05, 4.69) is 4.90 Å². The molecular weight excluding hydrogens is 241 g/mol. The van der Waals surface area contributed by atoms with Gasteiger partial charge in [-0.05, 0) is 43.0 Å². The van der Waals surface area contributed by atoms with Crippen LogP contribution >= 0.6 is 0 Å². The van der Waals surface area contributed by atoms with Gasteiger partial charge in [-0.1, -0.05) is 19.3 Å². The zero-order valence-electron chi connectivity index (χ0n) is 11.4. The lowest BCUT2D eigenvalue weighted by atomic mass is 10.0. The molecule has 0 aliphatic carbocycles. The van der Waals surface area contributed by atoms with Gasteiger partial charge in [0.25, 0.3) is 0 Å². The third-order valence-electron chi connectivity index (χ3n) is 3.77. The van der Waals surface area contributed by atoms with Crippen LogP contribution in [0.1, 0.15) is 44.1 Å². The average molecular weight is 263 g/mol. The molecule has 104 valence electrons. The summed E-state index contributed by atoms with van der Waals surface area (Å²) in [6.07, 6.45) is 8.28. The third-order valence-corrected chi connectivity index (χ3v) is 3.77. The van der Waals surface area contributed by atoms with E-state index in [1.54, 1.807) is 6.07 Å². The molecule has 1 saturated heterocycles. The molecule has 0 N–H and O–H groups in total. The van der Waals surface area contributed by atoms with Crippen molar-refractivity contribution in [2.24, 2.45) is 0 Å². The lowest BCUT2D eigenvalue weighted by Gasteiger charge is -2.29. The van der Waals surface area contributed by atoms with Gasteiger partial charge in [-0.3, -0.25) is 0 Å². The molecule has 1 heterocycles. The lowest BCUT2D eigenvalue weighted by Crippen LogP contribution is -2.28. The molecule has 1 aromatic rings. The summed E-state index contributed by atoms with van der Waals surface area (Å²) in [5.74, 6) is -0.211. The Labute approximate surface area is 114 Å². The number of rotatable bonds is 4. The van der Waals surface area contributed by atoms with Crippen molar-refractivity contribution in [3.63, 3.8) is 0 Å². The van der Waals surface area contributed by atoms with Crippen LogP contribution in [0.2, 0.25) is 0 Å². The fourth-order valence-corrected chi connectivity index (χ4v) is 2.77. The maximum Gasteiger partial charge on any atom is 0.123 e. The number of carbonyl (C=O) groups is 1. The van der Waals surface area contributed by atoms with E-state index in [1.807, 2.05) is 6.07 Å². The number of aryl methyl sites for hydroxylation is 1. The number of anilines is 1. The summed E-state index contributed by atoms with van der Waals surface area (Å²) >= 11 is 0. The Morgan fingerprint density at radius 2 is 1.79 bits per heavy atom. The number of halogens is 1. The first-order valence-corrected chi connectivity index (χ1v) is 7.28. The van der Waals surface area contributed by atoms with Crippen LogP contribution in [0.3, 0.4) is 0 Å². The molecule has 19 heavy (non-hydrogen) atoms. The van der Waals surface area contributed by atoms with Crippen LogP contribution in [0.25, 0.3) is 0 Å². The largest absolute Gasteiger partial charge is 0.371 e. The zero-order chi connectivity index (χ0) is 13.5. The fourth-order valence-electron chi connectivity index (χ4n) is 2.77. The molecule has 0 atom stereocenters. The van der Waals surface area contributed by atoms with Crippen molar-refractivity contribution in [1.29, 1.82) is 0 Å². The van der Waals surface area contributed by atoms with Crippen LogP contribution < -0.4 is 4.90 Å². The van der Waals surface area contributed by atoms with Crippen molar-refractivity contribution in [2.75, 3.05) is 18.0 Å². The Balaban J connectivity index is 2.17. The highest BCUT2D eigenvalue weighted by atomic mass is 19.1. The summed E-state index contributed by atoms with van der Waals surface area (Å²) in [6, 6.07) is 4.98. The van der Waals surface area contributed by atoms with Crippen molar-refractivity contribution in [3.8, 4) is 0 Å². The van der Waals surface area contributed by atoms with Crippen LogP contribution in [0, 0.1) is 5.82 Å². The Morgan fingerprint density at radius 1 is 1.11 bits per heavy atom. The van der Waals surface area contributed by atoms with Gasteiger partial charge in [0.15, 0.2) is 0 Å². The van der Waals surface area contributed by atoms with Crippen molar-refractivity contribution in [1.82, 2.24) is 0 Å². The first-order chi connectivity index (χ1) is 9.31. The van der Waals surface area contributed by atoms with Gasteiger partial charge in [-0.15, -0.1) is 0 Å². The van der Waals surface area contributed by atoms with E-state index in [0.29, 0.717) is 12.8 Å². The number of aldehydes is 1. The normalized spacial score (nSPS) is 16.8. The summed E-state index contributed by atoms with van der Waals surface area (Å²) in [7, 11) is 0. The van der Waals surface area contributed by atoms with Crippen LogP contribution in [-0.2, 0) is 11.2 Å². The van der Waals surface area contributed by atoms with Crippen LogP contribution in [0.15, 0.2) is 18.2 Å². The molecule has 3 heteroatoms. The van der Waals surface area contributed by atoms with E-state index in [-0.39, 0.29) is 5.82 Å². The second-order valence-corrected chi connectivity index (χ2v) is 5.23. The minimum atomic E-state index is -0.211. The van der Waals surface area contributed by atoms with E-state index in [0.717, 1.165) is 30.6 Å². The Morgan fingerprint density at radius 3 is 2.47 bits per heavy atom. The van der Waals surface area contributed by atoms with E-state index in [9.17, 15) is 9.18 Å². The van der Waals surface area contributed by atoms with Gasteiger partial charge in [-0.2, -0.15) is 0 Å². The van der Waals surface area contributed by atoms with E-state index in [4.69, 9.17) is 0 Å². The fraction of sp³-hybridized carbons (Fsp3) is 0.562. The van der Waals surface area contributed by atoms with Crippen LogP contribution in [0.5, 0.6) is 0 Å². The second-order valence-electron chi connectivity index (χ2n) is 5.23. The Hall–Kier alpha value is -1.38. The van der Waals surface area contributed by atoms with Gasteiger partial charge in [-0.25, -0.2) is 4.39 Å². The first-order valence-electron chi connectivity index (χ1n) is 7.28. The molecule has 2 rings (SSSR count). The topological polar surface area (TPSA) is 20.3 Å². The highest BCUT2D eigenvalue weighted by molar-refractivity contribution is 5.57.